The van der Waals surface area contributed by atoms with Gasteiger partial charge in [-0.3, -0.25) is 4.79 Å². The van der Waals surface area contributed by atoms with E-state index in [4.69, 9.17) is 0 Å². The van der Waals surface area contributed by atoms with Crippen LogP contribution in [-0.2, 0) is 0 Å². The van der Waals surface area contributed by atoms with Crippen LogP contribution in [0.4, 0.5) is 4.39 Å². The summed E-state index contributed by atoms with van der Waals surface area (Å²) in [6.45, 7) is 3.70. The number of benzene rings is 1. The zero-order valence-corrected chi connectivity index (χ0v) is 11.3. The van der Waals surface area contributed by atoms with E-state index in [-0.39, 0.29) is 16.2 Å². The second-order valence-corrected chi connectivity index (χ2v) is 5.21. The highest BCUT2D eigenvalue weighted by molar-refractivity contribution is 9.10. The summed E-state index contributed by atoms with van der Waals surface area (Å²) in [5.41, 5.74) is 0.418. The fraction of sp³-hybridized carbons (Fsp3) is 0.462. The summed E-state index contributed by atoms with van der Waals surface area (Å²) in [5.74, 6) is 0.126. The van der Waals surface area contributed by atoms with Gasteiger partial charge in [0.1, 0.15) is 5.82 Å². The Labute approximate surface area is 109 Å². The SMILES string of the molecule is CCC1CCN(C(=O)c2cccc(F)c2Br)C1. The molecule has 0 bridgehead atoms. The van der Waals surface area contributed by atoms with Gasteiger partial charge >= 0.3 is 0 Å². The minimum absolute atomic E-state index is 0.0766. The molecular formula is C13H15BrFNO. The lowest BCUT2D eigenvalue weighted by Crippen LogP contribution is -2.29. The van der Waals surface area contributed by atoms with Crippen LogP contribution in [0.2, 0.25) is 0 Å². The minimum atomic E-state index is -0.387. The van der Waals surface area contributed by atoms with Gasteiger partial charge < -0.3 is 4.90 Å². The molecule has 1 aromatic carbocycles. The predicted octanol–water partition coefficient (Wildman–Crippen LogP) is 3.46. The number of carbonyl (C=O) groups excluding carboxylic acids is 1. The molecule has 0 radical (unpaired) electrons. The highest BCUT2D eigenvalue weighted by Crippen LogP contribution is 2.25. The molecule has 92 valence electrons. The molecule has 0 aromatic heterocycles. The Morgan fingerprint density at radius 2 is 2.35 bits per heavy atom. The van der Waals surface area contributed by atoms with Crippen molar-refractivity contribution in [3.63, 3.8) is 0 Å². The third kappa shape index (κ3) is 2.51. The fourth-order valence-corrected chi connectivity index (χ4v) is 2.62. The van der Waals surface area contributed by atoms with Crippen LogP contribution in [0.25, 0.3) is 0 Å². The molecule has 1 atom stereocenters. The first kappa shape index (κ1) is 12.6. The van der Waals surface area contributed by atoms with Gasteiger partial charge in [-0.1, -0.05) is 19.4 Å². The van der Waals surface area contributed by atoms with Gasteiger partial charge in [0, 0.05) is 13.1 Å². The summed E-state index contributed by atoms with van der Waals surface area (Å²) < 4.78 is 13.6. The number of rotatable bonds is 2. The lowest BCUT2D eigenvalue weighted by Gasteiger charge is -2.17. The lowest BCUT2D eigenvalue weighted by molar-refractivity contribution is 0.0785. The van der Waals surface area contributed by atoms with Crippen LogP contribution in [0.1, 0.15) is 30.1 Å². The zero-order chi connectivity index (χ0) is 12.4. The number of likely N-dealkylation sites (tertiary alicyclic amines) is 1. The van der Waals surface area contributed by atoms with E-state index in [0.717, 1.165) is 25.9 Å². The number of amides is 1. The summed E-state index contributed by atoms with van der Waals surface area (Å²) in [5, 5.41) is 0. The van der Waals surface area contributed by atoms with Gasteiger partial charge in [0.25, 0.3) is 5.91 Å². The maximum Gasteiger partial charge on any atom is 0.255 e. The van der Waals surface area contributed by atoms with E-state index in [2.05, 4.69) is 22.9 Å². The molecule has 1 aromatic rings. The Morgan fingerprint density at radius 1 is 1.59 bits per heavy atom. The van der Waals surface area contributed by atoms with Gasteiger partial charge in [-0.15, -0.1) is 0 Å². The van der Waals surface area contributed by atoms with Gasteiger partial charge in [-0.2, -0.15) is 0 Å². The van der Waals surface area contributed by atoms with Crippen LogP contribution in [0, 0.1) is 11.7 Å². The van der Waals surface area contributed by atoms with Crippen molar-refractivity contribution < 1.29 is 9.18 Å². The van der Waals surface area contributed by atoms with Gasteiger partial charge in [0.15, 0.2) is 0 Å². The number of hydrogen-bond donors (Lipinski definition) is 0. The number of hydrogen-bond acceptors (Lipinski definition) is 1. The van der Waals surface area contributed by atoms with E-state index in [1.807, 2.05) is 4.90 Å². The predicted molar refractivity (Wildman–Crippen MR) is 68.4 cm³/mol. The average Bonchev–Trinajstić information content (AvgIpc) is 2.80. The average molecular weight is 300 g/mol. The second-order valence-electron chi connectivity index (χ2n) is 4.42. The minimum Gasteiger partial charge on any atom is -0.338 e. The topological polar surface area (TPSA) is 20.3 Å². The summed E-state index contributed by atoms with van der Waals surface area (Å²) in [4.78, 5) is 14.0. The lowest BCUT2D eigenvalue weighted by atomic mass is 10.1. The Hall–Kier alpha value is -0.900. The van der Waals surface area contributed by atoms with Crippen molar-refractivity contribution in [2.24, 2.45) is 5.92 Å². The molecular weight excluding hydrogens is 285 g/mol. The van der Waals surface area contributed by atoms with E-state index < -0.39 is 0 Å². The monoisotopic (exact) mass is 299 g/mol. The Kier molecular flexibility index (Phi) is 3.82. The highest BCUT2D eigenvalue weighted by Gasteiger charge is 2.27. The summed E-state index contributed by atoms with van der Waals surface area (Å²) in [6.07, 6.45) is 2.14. The normalized spacial score (nSPS) is 19.7. The standard InChI is InChI=1S/C13H15BrFNO/c1-2-9-6-7-16(8-9)13(17)10-4-3-5-11(15)12(10)14/h3-5,9H,2,6-8H2,1H3. The van der Waals surface area contributed by atoms with Gasteiger partial charge in [0.2, 0.25) is 0 Å². The Bertz CT molecular complexity index is 435. The van der Waals surface area contributed by atoms with Crippen molar-refractivity contribution in [2.45, 2.75) is 19.8 Å². The van der Waals surface area contributed by atoms with Crippen molar-refractivity contribution in [1.29, 1.82) is 0 Å². The Balaban J connectivity index is 2.18. The van der Waals surface area contributed by atoms with Crippen molar-refractivity contribution in [2.75, 3.05) is 13.1 Å². The van der Waals surface area contributed by atoms with Crippen molar-refractivity contribution in [1.82, 2.24) is 4.90 Å². The number of nitrogens with zero attached hydrogens (tertiary/aromatic N) is 1. The van der Waals surface area contributed by atoms with Crippen molar-refractivity contribution >= 4 is 21.8 Å². The third-order valence-corrected chi connectivity index (χ3v) is 4.14. The number of halogens is 2. The molecule has 0 saturated carbocycles. The van der Waals surface area contributed by atoms with Crippen molar-refractivity contribution in [3.8, 4) is 0 Å². The number of carbonyl (C=O) groups is 1. The molecule has 0 spiro atoms. The molecule has 1 heterocycles. The smallest absolute Gasteiger partial charge is 0.255 e. The molecule has 1 fully saturated rings. The maximum atomic E-state index is 13.4. The molecule has 0 N–H and O–H groups in total. The van der Waals surface area contributed by atoms with Gasteiger partial charge in [0.05, 0.1) is 10.0 Å². The largest absolute Gasteiger partial charge is 0.338 e. The summed E-state index contributed by atoms with van der Waals surface area (Å²) in [7, 11) is 0. The molecule has 1 amide bonds. The molecule has 4 heteroatoms. The molecule has 1 aliphatic rings. The zero-order valence-electron chi connectivity index (χ0n) is 9.75. The first-order valence-corrected chi connectivity index (χ1v) is 6.66. The molecule has 0 aliphatic carbocycles. The van der Waals surface area contributed by atoms with Crippen molar-refractivity contribution in [3.05, 3.63) is 34.1 Å². The van der Waals surface area contributed by atoms with E-state index in [9.17, 15) is 9.18 Å². The third-order valence-electron chi connectivity index (χ3n) is 3.33. The second kappa shape index (κ2) is 5.17. The van der Waals surface area contributed by atoms with E-state index >= 15 is 0 Å². The van der Waals surface area contributed by atoms with Gasteiger partial charge in [-0.05, 0) is 40.4 Å². The molecule has 2 nitrogen and oxygen atoms in total. The first-order valence-electron chi connectivity index (χ1n) is 5.86. The maximum absolute atomic E-state index is 13.4. The summed E-state index contributed by atoms with van der Waals surface area (Å²) in [6, 6.07) is 4.58. The summed E-state index contributed by atoms with van der Waals surface area (Å²) >= 11 is 3.14. The highest BCUT2D eigenvalue weighted by atomic mass is 79.9. The first-order chi connectivity index (χ1) is 8.13. The van der Waals surface area contributed by atoms with E-state index in [1.54, 1.807) is 12.1 Å². The molecule has 17 heavy (non-hydrogen) atoms. The Morgan fingerprint density at radius 3 is 3.00 bits per heavy atom. The van der Waals surface area contributed by atoms with E-state index in [0.29, 0.717) is 11.5 Å². The molecule has 2 rings (SSSR count). The molecule has 1 aliphatic heterocycles. The van der Waals surface area contributed by atoms with Gasteiger partial charge in [-0.25, -0.2) is 4.39 Å². The van der Waals surface area contributed by atoms with Crippen LogP contribution >= 0.6 is 15.9 Å². The van der Waals surface area contributed by atoms with E-state index in [1.165, 1.54) is 6.07 Å². The van der Waals surface area contributed by atoms with Crippen LogP contribution in [-0.4, -0.2) is 23.9 Å². The van der Waals surface area contributed by atoms with Crippen LogP contribution in [0.3, 0.4) is 0 Å². The van der Waals surface area contributed by atoms with Crippen LogP contribution < -0.4 is 0 Å². The quantitative estimate of drug-likeness (QED) is 0.819. The molecule has 1 unspecified atom stereocenters. The fourth-order valence-electron chi connectivity index (χ4n) is 2.19. The molecule has 1 saturated heterocycles. The van der Waals surface area contributed by atoms with Crippen LogP contribution in [0.15, 0.2) is 22.7 Å². The van der Waals surface area contributed by atoms with Crippen LogP contribution in [0.5, 0.6) is 0 Å².